The van der Waals surface area contributed by atoms with Gasteiger partial charge in [0.1, 0.15) is 0 Å². The summed E-state index contributed by atoms with van der Waals surface area (Å²) >= 11 is 0. The maximum atomic E-state index is 11.7. The van der Waals surface area contributed by atoms with Crippen molar-refractivity contribution in [1.29, 1.82) is 0 Å². The highest BCUT2D eigenvalue weighted by atomic mass is 32.2. The quantitative estimate of drug-likeness (QED) is 0.742. The van der Waals surface area contributed by atoms with Gasteiger partial charge < -0.3 is 9.84 Å². The summed E-state index contributed by atoms with van der Waals surface area (Å²) in [6, 6.07) is 0. The lowest BCUT2D eigenvalue weighted by atomic mass is 9.82. The van der Waals surface area contributed by atoms with E-state index in [2.05, 4.69) is 0 Å². The molecule has 0 aromatic rings. The summed E-state index contributed by atoms with van der Waals surface area (Å²) in [5.74, 6) is 0.210. The predicted molar refractivity (Wildman–Crippen MR) is 84.7 cm³/mol. The van der Waals surface area contributed by atoms with Crippen LogP contribution in [0.1, 0.15) is 52.9 Å². The van der Waals surface area contributed by atoms with Crippen molar-refractivity contribution in [3.05, 3.63) is 0 Å². The van der Waals surface area contributed by atoms with Gasteiger partial charge in [0.2, 0.25) is 10.0 Å². The molecule has 0 radical (unpaired) electrons. The number of nitrogens with zero attached hydrogens (tertiary/aromatic N) is 1. The fourth-order valence-corrected chi connectivity index (χ4v) is 4.30. The van der Waals surface area contributed by atoms with E-state index in [1.807, 2.05) is 20.8 Å². The van der Waals surface area contributed by atoms with E-state index in [0.29, 0.717) is 26.1 Å². The number of aliphatic hydroxyl groups is 1. The standard InChI is InChI=1S/C15H31NO4S/c1-5-15(6-2,20-7-3)14(17)11-13-9-8-10-16(12-13)21(4,18)19/h13-14,17H,5-12H2,1-4H3. The van der Waals surface area contributed by atoms with Gasteiger partial charge in [-0.1, -0.05) is 13.8 Å². The molecule has 0 saturated carbocycles. The smallest absolute Gasteiger partial charge is 0.211 e. The molecule has 0 amide bonds. The zero-order valence-electron chi connectivity index (χ0n) is 13.8. The molecule has 6 heteroatoms. The first-order chi connectivity index (χ1) is 9.79. The van der Waals surface area contributed by atoms with Crippen molar-refractivity contribution in [2.45, 2.75) is 64.6 Å². The molecule has 1 N–H and O–H groups in total. The first kappa shape index (κ1) is 18.9. The van der Waals surface area contributed by atoms with Crippen LogP contribution in [0.25, 0.3) is 0 Å². The van der Waals surface area contributed by atoms with Gasteiger partial charge in [0.05, 0.1) is 18.0 Å². The van der Waals surface area contributed by atoms with Crippen LogP contribution < -0.4 is 0 Å². The molecule has 1 fully saturated rings. The van der Waals surface area contributed by atoms with Crippen molar-refractivity contribution < 1.29 is 18.3 Å². The summed E-state index contributed by atoms with van der Waals surface area (Å²) in [5, 5.41) is 10.6. The fourth-order valence-electron chi connectivity index (χ4n) is 3.36. The minimum atomic E-state index is -3.13. The highest BCUT2D eigenvalue weighted by molar-refractivity contribution is 7.88. The molecule has 0 aliphatic carbocycles. The Bertz CT molecular complexity index is 406. The molecule has 1 heterocycles. The Kier molecular flexibility index (Phi) is 7.10. The Morgan fingerprint density at radius 2 is 1.95 bits per heavy atom. The lowest BCUT2D eigenvalue weighted by Gasteiger charge is -2.39. The Morgan fingerprint density at radius 3 is 2.43 bits per heavy atom. The molecular formula is C15H31NO4S. The molecular weight excluding hydrogens is 290 g/mol. The third-order valence-electron chi connectivity index (χ3n) is 4.74. The van der Waals surface area contributed by atoms with Gasteiger partial charge in [-0.2, -0.15) is 0 Å². The van der Waals surface area contributed by atoms with E-state index >= 15 is 0 Å². The van der Waals surface area contributed by atoms with E-state index in [-0.39, 0.29) is 5.92 Å². The molecule has 1 saturated heterocycles. The van der Waals surface area contributed by atoms with Crippen LogP contribution in [0.2, 0.25) is 0 Å². The van der Waals surface area contributed by atoms with Crippen molar-refractivity contribution in [2.75, 3.05) is 26.0 Å². The number of hydrogen-bond donors (Lipinski definition) is 1. The Balaban J connectivity index is 2.70. The highest BCUT2D eigenvalue weighted by Gasteiger charge is 2.38. The van der Waals surface area contributed by atoms with E-state index in [4.69, 9.17) is 4.74 Å². The van der Waals surface area contributed by atoms with Crippen molar-refractivity contribution in [1.82, 2.24) is 4.31 Å². The van der Waals surface area contributed by atoms with Gasteiger partial charge in [-0.3, -0.25) is 0 Å². The van der Waals surface area contributed by atoms with Gasteiger partial charge in [-0.15, -0.1) is 0 Å². The molecule has 0 aromatic heterocycles. The van der Waals surface area contributed by atoms with Crippen LogP contribution in [-0.4, -0.2) is 55.5 Å². The predicted octanol–water partition coefficient (Wildman–Crippen LogP) is 2.00. The molecule has 2 atom stereocenters. The maximum Gasteiger partial charge on any atom is 0.211 e. The average molecular weight is 321 g/mol. The SMILES string of the molecule is CCOC(CC)(CC)C(O)CC1CCCN(S(C)(=O)=O)C1. The van der Waals surface area contributed by atoms with Crippen molar-refractivity contribution >= 4 is 10.0 Å². The van der Waals surface area contributed by atoms with Gasteiger partial charge in [-0.25, -0.2) is 12.7 Å². The number of piperidine rings is 1. The molecule has 0 bridgehead atoms. The van der Waals surface area contributed by atoms with E-state index < -0.39 is 21.7 Å². The zero-order chi connectivity index (χ0) is 16.1. The normalized spacial score (nSPS) is 23.2. The lowest BCUT2D eigenvalue weighted by Crippen LogP contribution is -2.47. The monoisotopic (exact) mass is 321 g/mol. The summed E-state index contributed by atoms with van der Waals surface area (Å²) in [7, 11) is -3.13. The number of ether oxygens (including phenoxy) is 1. The first-order valence-electron chi connectivity index (χ1n) is 8.06. The maximum absolute atomic E-state index is 11.7. The number of aliphatic hydroxyl groups excluding tert-OH is 1. The molecule has 5 nitrogen and oxygen atoms in total. The minimum absolute atomic E-state index is 0.210. The molecule has 1 rings (SSSR count). The first-order valence-corrected chi connectivity index (χ1v) is 9.91. The Labute approximate surface area is 129 Å². The van der Waals surface area contributed by atoms with Crippen LogP contribution in [0.5, 0.6) is 0 Å². The van der Waals surface area contributed by atoms with Gasteiger partial charge >= 0.3 is 0 Å². The van der Waals surface area contributed by atoms with Gasteiger partial charge in [-0.05, 0) is 44.9 Å². The number of sulfonamides is 1. The van der Waals surface area contributed by atoms with Crippen LogP contribution in [0.15, 0.2) is 0 Å². The van der Waals surface area contributed by atoms with Crippen molar-refractivity contribution in [3.8, 4) is 0 Å². The lowest BCUT2D eigenvalue weighted by molar-refractivity contribution is -0.132. The van der Waals surface area contributed by atoms with Crippen LogP contribution in [0.3, 0.4) is 0 Å². The largest absolute Gasteiger partial charge is 0.390 e. The second kappa shape index (κ2) is 7.90. The summed E-state index contributed by atoms with van der Waals surface area (Å²) in [6.45, 7) is 7.71. The van der Waals surface area contributed by atoms with E-state index in [1.54, 1.807) is 0 Å². The third kappa shape index (κ3) is 4.91. The van der Waals surface area contributed by atoms with Gasteiger partial charge in [0.25, 0.3) is 0 Å². The van der Waals surface area contributed by atoms with Crippen LogP contribution >= 0.6 is 0 Å². The highest BCUT2D eigenvalue weighted by Crippen LogP contribution is 2.31. The van der Waals surface area contributed by atoms with Crippen molar-refractivity contribution in [3.63, 3.8) is 0 Å². The zero-order valence-corrected chi connectivity index (χ0v) is 14.7. The van der Waals surface area contributed by atoms with Gasteiger partial charge in [0, 0.05) is 19.7 Å². The van der Waals surface area contributed by atoms with E-state index in [1.165, 1.54) is 10.6 Å². The van der Waals surface area contributed by atoms with E-state index in [9.17, 15) is 13.5 Å². The number of rotatable bonds is 8. The third-order valence-corrected chi connectivity index (χ3v) is 6.01. The average Bonchev–Trinajstić information content (AvgIpc) is 2.44. The Morgan fingerprint density at radius 1 is 1.33 bits per heavy atom. The molecule has 1 aliphatic heterocycles. The number of hydrogen-bond acceptors (Lipinski definition) is 4. The molecule has 126 valence electrons. The molecule has 0 spiro atoms. The summed E-state index contributed by atoms with van der Waals surface area (Å²) in [4.78, 5) is 0. The van der Waals surface area contributed by atoms with Crippen LogP contribution in [-0.2, 0) is 14.8 Å². The molecule has 21 heavy (non-hydrogen) atoms. The molecule has 0 aromatic carbocycles. The Hall–Kier alpha value is -0.170. The summed E-state index contributed by atoms with van der Waals surface area (Å²) in [6.07, 6.45) is 4.68. The van der Waals surface area contributed by atoms with Crippen LogP contribution in [0, 0.1) is 5.92 Å². The second-order valence-electron chi connectivity index (χ2n) is 6.09. The fraction of sp³-hybridized carbons (Fsp3) is 1.00. The van der Waals surface area contributed by atoms with Crippen molar-refractivity contribution in [2.24, 2.45) is 5.92 Å². The molecule has 1 aliphatic rings. The molecule has 2 unspecified atom stereocenters. The van der Waals surface area contributed by atoms with Gasteiger partial charge in [0.15, 0.2) is 0 Å². The second-order valence-corrected chi connectivity index (χ2v) is 8.07. The van der Waals surface area contributed by atoms with Crippen LogP contribution in [0.4, 0.5) is 0 Å². The topological polar surface area (TPSA) is 66.8 Å². The minimum Gasteiger partial charge on any atom is -0.390 e. The van der Waals surface area contributed by atoms with E-state index in [0.717, 1.165) is 25.7 Å². The summed E-state index contributed by atoms with van der Waals surface area (Å²) < 4.78 is 30.7. The summed E-state index contributed by atoms with van der Waals surface area (Å²) in [5.41, 5.74) is -0.498.